The van der Waals surface area contributed by atoms with Gasteiger partial charge in [-0.15, -0.1) is 0 Å². The Bertz CT molecular complexity index is 363. The normalized spacial score (nSPS) is 12.9. The number of methoxy groups -OCH3 is 1. The van der Waals surface area contributed by atoms with Crippen molar-refractivity contribution >= 4 is 0 Å². The molecule has 0 aromatic heterocycles. The summed E-state index contributed by atoms with van der Waals surface area (Å²) in [5.41, 5.74) is 7.66. The Morgan fingerprint density at radius 3 is 2.38 bits per heavy atom. The minimum absolute atomic E-state index is 0.141. The first-order valence-electron chi connectivity index (χ1n) is 5.58. The Morgan fingerprint density at radius 2 is 1.94 bits per heavy atom. The fraction of sp³-hybridized carbons (Fsp3) is 0.538. The first-order chi connectivity index (χ1) is 7.51. The molecular formula is C13H20FNO. The van der Waals surface area contributed by atoms with E-state index in [1.54, 1.807) is 13.2 Å². The third-order valence-electron chi connectivity index (χ3n) is 2.82. The molecule has 1 atom stereocenters. The molecule has 1 rings (SSSR count). The summed E-state index contributed by atoms with van der Waals surface area (Å²) in [4.78, 5) is 0. The van der Waals surface area contributed by atoms with Crippen LogP contribution in [-0.2, 0) is 0 Å². The third-order valence-corrected chi connectivity index (χ3v) is 2.82. The van der Waals surface area contributed by atoms with Crippen LogP contribution in [0.1, 0.15) is 43.7 Å². The van der Waals surface area contributed by atoms with Crippen molar-refractivity contribution < 1.29 is 9.13 Å². The summed E-state index contributed by atoms with van der Waals surface area (Å²) in [6, 6.07) is 3.00. The van der Waals surface area contributed by atoms with Gasteiger partial charge in [0.15, 0.2) is 0 Å². The van der Waals surface area contributed by atoms with Crippen LogP contribution in [0.3, 0.4) is 0 Å². The van der Waals surface area contributed by atoms with Gasteiger partial charge in [-0.1, -0.05) is 20.8 Å². The molecule has 0 aliphatic heterocycles. The quantitative estimate of drug-likeness (QED) is 0.854. The zero-order valence-electron chi connectivity index (χ0n) is 10.4. The first kappa shape index (κ1) is 13.0. The number of nitrogens with two attached hydrogens (primary N) is 1. The molecule has 0 saturated heterocycles. The van der Waals surface area contributed by atoms with E-state index >= 15 is 0 Å². The molecule has 3 heteroatoms. The molecule has 1 aromatic rings. The molecule has 0 radical (unpaired) electrons. The maximum absolute atomic E-state index is 13.4. The van der Waals surface area contributed by atoms with Gasteiger partial charge in [-0.05, 0) is 30.0 Å². The zero-order valence-corrected chi connectivity index (χ0v) is 10.4. The molecular weight excluding hydrogens is 205 g/mol. The standard InChI is InChI=1S/C13H20FNO/c1-8(2)13-11(9(3)7-15)5-10(14)6-12(13)16-4/h5-6,8-9H,7,15H2,1-4H3. The van der Waals surface area contributed by atoms with E-state index in [9.17, 15) is 4.39 Å². The second-order valence-corrected chi connectivity index (χ2v) is 4.40. The summed E-state index contributed by atoms with van der Waals surface area (Å²) in [7, 11) is 1.57. The van der Waals surface area contributed by atoms with Gasteiger partial charge in [-0.2, -0.15) is 0 Å². The molecule has 2 nitrogen and oxygen atoms in total. The molecule has 0 bridgehead atoms. The van der Waals surface area contributed by atoms with E-state index in [2.05, 4.69) is 13.8 Å². The van der Waals surface area contributed by atoms with Crippen molar-refractivity contribution in [2.75, 3.05) is 13.7 Å². The lowest BCUT2D eigenvalue weighted by molar-refractivity contribution is 0.402. The van der Waals surface area contributed by atoms with E-state index in [1.165, 1.54) is 6.07 Å². The summed E-state index contributed by atoms with van der Waals surface area (Å²) in [5, 5.41) is 0. The molecule has 2 N–H and O–H groups in total. The van der Waals surface area contributed by atoms with Gasteiger partial charge in [0.05, 0.1) is 7.11 Å². The Labute approximate surface area is 96.6 Å². The van der Waals surface area contributed by atoms with Crippen molar-refractivity contribution in [3.63, 3.8) is 0 Å². The highest BCUT2D eigenvalue weighted by molar-refractivity contribution is 5.44. The number of hydrogen-bond acceptors (Lipinski definition) is 2. The van der Waals surface area contributed by atoms with E-state index in [1.807, 2.05) is 6.92 Å². The van der Waals surface area contributed by atoms with Crippen LogP contribution in [0.2, 0.25) is 0 Å². The maximum atomic E-state index is 13.4. The van der Waals surface area contributed by atoms with Crippen LogP contribution < -0.4 is 10.5 Å². The number of hydrogen-bond donors (Lipinski definition) is 1. The minimum atomic E-state index is -0.267. The molecule has 1 unspecified atom stereocenters. The Kier molecular flexibility index (Phi) is 4.30. The fourth-order valence-corrected chi connectivity index (χ4v) is 1.93. The number of halogens is 1. The van der Waals surface area contributed by atoms with E-state index in [0.717, 1.165) is 11.1 Å². The molecule has 90 valence electrons. The van der Waals surface area contributed by atoms with Gasteiger partial charge in [-0.3, -0.25) is 0 Å². The average Bonchev–Trinajstić information content (AvgIpc) is 2.26. The predicted octanol–water partition coefficient (Wildman–Crippen LogP) is 3.02. The largest absolute Gasteiger partial charge is 0.496 e. The molecule has 0 spiro atoms. The van der Waals surface area contributed by atoms with Crippen LogP contribution >= 0.6 is 0 Å². The van der Waals surface area contributed by atoms with Crippen molar-refractivity contribution in [1.29, 1.82) is 0 Å². The summed E-state index contributed by atoms with van der Waals surface area (Å²) < 4.78 is 18.7. The Balaban J connectivity index is 3.38. The Morgan fingerprint density at radius 1 is 1.31 bits per heavy atom. The molecule has 0 saturated carbocycles. The summed E-state index contributed by atoms with van der Waals surface area (Å²) >= 11 is 0. The molecule has 0 fully saturated rings. The van der Waals surface area contributed by atoms with Crippen LogP contribution in [-0.4, -0.2) is 13.7 Å². The van der Waals surface area contributed by atoms with Crippen molar-refractivity contribution in [3.05, 3.63) is 29.1 Å². The van der Waals surface area contributed by atoms with E-state index in [4.69, 9.17) is 10.5 Å². The van der Waals surface area contributed by atoms with Gasteiger partial charge < -0.3 is 10.5 Å². The summed E-state index contributed by atoms with van der Waals surface area (Å²) in [6.45, 7) is 6.65. The number of benzene rings is 1. The second-order valence-electron chi connectivity index (χ2n) is 4.40. The number of rotatable bonds is 4. The van der Waals surface area contributed by atoms with Gasteiger partial charge in [0.25, 0.3) is 0 Å². The van der Waals surface area contributed by atoms with E-state index in [-0.39, 0.29) is 11.7 Å². The highest BCUT2D eigenvalue weighted by Crippen LogP contribution is 2.34. The van der Waals surface area contributed by atoms with Crippen molar-refractivity contribution in [1.82, 2.24) is 0 Å². The molecule has 0 aliphatic rings. The summed E-state index contributed by atoms with van der Waals surface area (Å²) in [5.74, 6) is 0.781. The van der Waals surface area contributed by atoms with Crippen LogP contribution in [0.25, 0.3) is 0 Å². The predicted molar refractivity (Wildman–Crippen MR) is 64.5 cm³/mol. The molecule has 0 amide bonds. The van der Waals surface area contributed by atoms with Gasteiger partial charge in [0.1, 0.15) is 11.6 Å². The molecule has 0 heterocycles. The lowest BCUT2D eigenvalue weighted by atomic mass is 9.89. The van der Waals surface area contributed by atoms with Crippen LogP contribution in [0.15, 0.2) is 12.1 Å². The van der Waals surface area contributed by atoms with E-state index < -0.39 is 0 Å². The maximum Gasteiger partial charge on any atom is 0.127 e. The smallest absolute Gasteiger partial charge is 0.127 e. The SMILES string of the molecule is COc1cc(F)cc(C(C)CN)c1C(C)C. The highest BCUT2D eigenvalue weighted by atomic mass is 19.1. The van der Waals surface area contributed by atoms with Gasteiger partial charge in [0, 0.05) is 11.6 Å². The van der Waals surface area contributed by atoms with Crippen LogP contribution in [0, 0.1) is 5.82 Å². The van der Waals surface area contributed by atoms with E-state index in [0.29, 0.717) is 18.2 Å². The van der Waals surface area contributed by atoms with Gasteiger partial charge in [0.2, 0.25) is 0 Å². The van der Waals surface area contributed by atoms with Crippen LogP contribution in [0.4, 0.5) is 4.39 Å². The highest BCUT2D eigenvalue weighted by Gasteiger charge is 2.18. The van der Waals surface area contributed by atoms with Crippen LogP contribution in [0.5, 0.6) is 5.75 Å². The van der Waals surface area contributed by atoms with Crippen molar-refractivity contribution in [2.24, 2.45) is 5.73 Å². The Hall–Kier alpha value is -1.09. The number of ether oxygens (including phenoxy) is 1. The second kappa shape index (κ2) is 5.30. The lowest BCUT2D eigenvalue weighted by Gasteiger charge is -2.20. The van der Waals surface area contributed by atoms with Gasteiger partial charge >= 0.3 is 0 Å². The monoisotopic (exact) mass is 225 g/mol. The molecule has 16 heavy (non-hydrogen) atoms. The molecule has 1 aromatic carbocycles. The zero-order chi connectivity index (χ0) is 12.3. The lowest BCUT2D eigenvalue weighted by Crippen LogP contribution is -2.13. The van der Waals surface area contributed by atoms with Crippen molar-refractivity contribution in [3.8, 4) is 5.75 Å². The van der Waals surface area contributed by atoms with Crippen molar-refractivity contribution in [2.45, 2.75) is 32.6 Å². The summed E-state index contributed by atoms with van der Waals surface area (Å²) in [6.07, 6.45) is 0. The third kappa shape index (κ3) is 2.53. The molecule has 0 aliphatic carbocycles. The van der Waals surface area contributed by atoms with Gasteiger partial charge in [-0.25, -0.2) is 4.39 Å². The first-order valence-corrected chi connectivity index (χ1v) is 5.58. The average molecular weight is 225 g/mol. The minimum Gasteiger partial charge on any atom is -0.496 e. The fourth-order valence-electron chi connectivity index (χ4n) is 1.93. The topological polar surface area (TPSA) is 35.2 Å².